The van der Waals surface area contributed by atoms with Crippen LogP contribution in [0.3, 0.4) is 0 Å². The number of furan rings is 1. The second-order valence-electron chi connectivity index (χ2n) is 17.2. The molecule has 3 heteroatoms. The van der Waals surface area contributed by atoms with Crippen molar-refractivity contribution in [3.8, 4) is 67.2 Å². The van der Waals surface area contributed by atoms with Gasteiger partial charge in [-0.3, -0.25) is 0 Å². The van der Waals surface area contributed by atoms with Crippen LogP contribution in [0.4, 0.5) is 0 Å². The summed E-state index contributed by atoms with van der Waals surface area (Å²) < 4.78 is 6.30. The quantitative estimate of drug-likeness (QED) is 0.180. The molecule has 3 aliphatic rings. The maximum absolute atomic E-state index is 6.30. The fourth-order valence-electron chi connectivity index (χ4n) is 10.8. The van der Waals surface area contributed by atoms with E-state index < -0.39 is 0 Å². The molecule has 2 heterocycles. The zero-order chi connectivity index (χ0) is 38.6. The van der Waals surface area contributed by atoms with Crippen LogP contribution < -0.4 is 0 Å². The van der Waals surface area contributed by atoms with Crippen molar-refractivity contribution < 1.29 is 4.42 Å². The normalized spacial score (nSPS) is 15.7. The average molecular weight is 747 g/mol. The molecule has 1 spiro atoms. The van der Waals surface area contributed by atoms with Gasteiger partial charge in [-0.25, -0.2) is 4.98 Å². The Bertz CT molecular complexity index is 3110. The van der Waals surface area contributed by atoms with Gasteiger partial charge < -0.3 is 4.42 Å². The summed E-state index contributed by atoms with van der Waals surface area (Å²) in [6.45, 7) is 4.80. The van der Waals surface area contributed by atoms with Gasteiger partial charge in [-0.15, -0.1) is 0 Å². The van der Waals surface area contributed by atoms with Crippen molar-refractivity contribution in [3.05, 3.63) is 180 Å². The minimum atomic E-state index is -0.0264. The Morgan fingerprint density at radius 2 is 1.09 bits per heavy atom. The first-order valence-electron chi connectivity index (χ1n) is 20.9. The highest BCUT2D eigenvalue weighted by molar-refractivity contribution is 6.10. The summed E-state index contributed by atoms with van der Waals surface area (Å²) in [4.78, 5) is 10.1. The van der Waals surface area contributed by atoms with Crippen molar-refractivity contribution in [3.63, 3.8) is 0 Å². The van der Waals surface area contributed by atoms with Crippen LogP contribution in [0, 0.1) is 0 Å². The minimum absolute atomic E-state index is 0.0264. The van der Waals surface area contributed by atoms with Crippen molar-refractivity contribution in [2.24, 2.45) is 0 Å². The zero-order valence-electron chi connectivity index (χ0n) is 32.8. The highest BCUT2D eigenvalue weighted by Gasteiger charge is 2.46. The number of benzene rings is 7. The molecule has 12 rings (SSSR count). The molecule has 0 radical (unpaired) electrons. The van der Waals surface area contributed by atoms with Crippen LogP contribution in [0.25, 0.3) is 89.2 Å². The molecule has 3 nitrogen and oxygen atoms in total. The average Bonchev–Trinajstić information content (AvgIpc) is 3.86. The minimum Gasteiger partial charge on any atom is -0.438 e. The van der Waals surface area contributed by atoms with Crippen LogP contribution in [0.1, 0.15) is 68.2 Å². The highest BCUT2D eigenvalue weighted by Crippen LogP contribution is 2.60. The molecule has 0 atom stereocenters. The molecule has 2 aromatic heterocycles. The van der Waals surface area contributed by atoms with Crippen LogP contribution in [0.2, 0.25) is 0 Å². The highest BCUT2D eigenvalue weighted by atomic mass is 16.3. The Hall–Kier alpha value is -6.58. The van der Waals surface area contributed by atoms with Gasteiger partial charge in [-0.2, -0.15) is 4.98 Å². The van der Waals surface area contributed by atoms with Crippen LogP contribution in [0.5, 0.6) is 0 Å². The number of para-hydroxylation sites is 1. The number of hydrogen-bond donors (Lipinski definition) is 0. The van der Waals surface area contributed by atoms with Gasteiger partial charge in [0.25, 0.3) is 0 Å². The Labute approximate surface area is 339 Å². The molecule has 58 heavy (non-hydrogen) atoms. The zero-order valence-corrected chi connectivity index (χ0v) is 32.8. The molecular formula is C55H42N2O. The molecular weight excluding hydrogens is 705 g/mol. The van der Waals surface area contributed by atoms with E-state index >= 15 is 0 Å². The molecule has 0 bridgehead atoms. The summed E-state index contributed by atoms with van der Waals surface area (Å²) in [6, 6.07) is 57.7. The molecule has 0 saturated heterocycles. The lowest BCUT2D eigenvalue weighted by atomic mass is 9.67. The molecule has 1 saturated carbocycles. The van der Waals surface area contributed by atoms with Crippen molar-refractivity contribution in [2.45, 2.75) is 56.8 Å². The van der Waals surface area contributed by atoms with Crippen LogP contribution in [-0.2, 0) is 10.8 Å². The SMILES string of the molecule is CC1(C)c2ccccc2-c2cc3c(cc21)-c1cc(-c2cccc(-c4ccc(-c5nc(-c6ccccc6)c6c(n5)oc5ccccc56)cc4)c2)ccc1C31CCCCC1. The fraction of sp³-hybridized carbons (Fsp3) is 0.164. The van der Waals surface area contributed by atoms with Gasteiger partial charge in [-0.1, -0.05) is 161 Å². The monoisotopic (exact) mass is 746 g/mol. The van der Waals surface area contributed by atoms with E-state index in [0.29, 0.717) is 11.5 Å². The van der Waals surface area contributed by atoms with Crippen LogP contribution in [-0.4, -0.2) is 9.97 Å². The summed E-state index contributed by atoms with van der Waals surface area (Å²) in [6.07, 6.45) is 6.36. The van der Waals surface area contributed by atoms with E-state index in [-0.39, 0.29) is 10.8 Å². The maximum atomic E-state index is 6.30. The lowest BCUT2D eigenvalue weighted by Gasteiger charge is -2.36. The number of aromatic nitrogens is 2. The largest absolute Gasteiger partial charge is 0.438 e. The van der Waals surface area contributed by atoms with Gasteiger partial charge in [0.2, 0.25) is 5.71 Å². The van der Waals surface area contributed by atoms with Crippen molar-refractivity contribution in [1.82, 2.24) is 9.97 Å². The summed E-state index contributed by atoms with van der Waals surface area (Å²) >= 11 is 0. The van der Waals surface area contributed by atoms with Gasteiger partial charge in [0.05, 0.1) is 11.1 Å². The number of hydrogen-bond acceptors (Lipinski definition) is 3. The predicted molar refractivity (Wildman–Crippen MR) is 238 cm³/mol. The van der Waals surface area contributed by atoms with E-state index in [4.69, 9.17) is 14.4 Å². The van der Waals surface area contributed by atoms with Crippen LogP contribution in [0.15, 0.2) is 162 Å². The first-order valence-corrected chi connectivity index (χ1v) is 20.9. The Morgan fingerprint density at radius 3 is 1.93 bits per heavy atom. The van der Waals surface area contributed by atoms with Gasteiger partial charge in [-0.05, 0) is 110 Å². The Morgan fingerprint density at radius 1 is 0.448 bits per heavy atom. The van der Waals surface area contributed by atoms with E-state index in [2.05, 4.69) is 135 Å². The van der Waals surface area contributed by atoms with Gasteiger partial charge in [0.15, 0.2) is 5.82 Å². The van der Waals surface area contributed by atoms with Gasteiger partial charge in [0.1, 0.15) is 5.58 Å². The first-order chi connectivity index (χ1) is 28.5. The summed E-state index contributed by atoms with van der Waals surface area (Å²) in [5.74, 6) is 0.651. The standard InChI is InChI=1S/C55H42N2O/c1-54(2)45-20-9-7-18-40(45)43-33-48-44(32-47(43)54)42-31-39(26-27-46(42)55(48)28-11-4-12-29-55)38-17-13-16-37(30-38)34-22-24-36(25-23-34)52-56-51(35-14-5-3-6-15-35)50-41-19-8-10-21-49(41)58-53(50)57-52/h3,5-10,13-27,30-33H,4,11-12,28-29H2,1-2H3. The van der Waals surface area contributed by atoms with Crippen LogP contribution >= 0.6 is 0 Å². The molecule has 0 amide bonds. The summed E-state index contributed by atoms with van der Waals surface area (Å²) in [5.41, 5.74) is 20.9. The molecule has 0 unspecified atom stereocenters. The molecule has 0 N–H and O–H groups in total. The van der Waals surface area contributed by atoms with Crippen molar-refractivity contribution >= 4 is 22.1 Å². The van der Waals surface area contributed by atoms with E-state index in [0.717, 1.165) is 38.7 Å². The third-order valence-corrected chi connectivity index (χ3v) is 13.7. The smallest absolute Gasteiger partial charge is 0.231 e. The lowest BCUT2D eigenvalue weighted by Crippen LogP contribution is -2.28. The summed E-state index contributed by atoms with van der Waals surface area (Å²) in [7, 11) is 0. The molecule has 0 aliphatic heterocycles. The van der Waals surface area contributed by atoms with Gasteiger partial charge >= 0.3 is 0 Å². The third kappa shape index (κ3) is 4.86. The van der Waals surface area contributed by atoms with Crippen molar-refractivity contribution in [2.75, 3.05) is 0 Å². The molecule has 1 fully saturated rings. The number of rotatable bonds is 4. The first kappa shape index (κ1) is 33.5. The third-order valence-electron chi connectivity index (χ3n) is 13.7. The number of nitrogens with zero attached hydrogens (tertiary/aromatic N) is 2. The molecule has 9 aromatic rings. The molecule has 278 valence electrons. The van der Waals surface area contributed by atoms with Crippen molar-refractivity contribution in [1.29, 1.82) is 0 Å². The van der Waals surface area contributed by atoms with E-state index in [1.807, 2.05) is 36.4 Å². The second-order valence-corrected chi connectivity index (χ2v) is 17.2. The maximum Gasteiger partial charge on any atom is 0.231 e. The lowest BCUT2D eigenvalue weighted by molar-refractivity contribution is 0.353. The number of fused-ring (bicyclic) bond motifs is 11. The fourth-order valence-corrected chi connectivity index (χ4v) is 10.8. The Balaban J connectivity index is 0.919. The van der Waals surface area contributed by atoms with E-state index in [9.17, 15) is 0 Å². The molecule has 7 aromatic carbocycles. The second kappa shape index (κ2) is 12.5. The summed E-state index contributed by atoms with van der Waals surface area (Å²) in [5, 5.41) is 1.97. The molecule has 3 aliphatic carbocycles. The predicted octanol–water partition coefficient (Wildman–Crippen LogP) is 14.6. The topological polar surface area (TPSA) is 38.9 Å². The Kier molecular flexibility index (Phi) is 7.21. The van der Waals surface area contributed by atoms with Gasteiger partial charge in [0, 0.05) is 27.3 Å². The van der Waals surface area contributed by atoms with E-state index in [1.54, 1.807) is 5.56 Å². The van der Waals surface area contributed by atoms with E-state index in [1.165, 1.54) is 87.7 Å².